The molecule has 0 radical (unpaired) electrons. The van der Waals surface area contributed by atoms with E-state index in [-0.39, 0.29) is 22.9 Å². The number of oxime groups is 1. The van der Waals surface area contributed by atoms with Crippen molar-refractivity contribution in [3.8, 4) is 0 Å². The van der Waals surface area contributed by atoms with Crippen molar-refractivity contribution < 1.29 is 15.4 Å². The summed E-state index contributed by atoms with van der Waals surface area (Å²) in [5.41, 5.74) is 0.271. The number of aliphatic hydroxyl groups is 2. The Bertz CT molecular complexity index is 577. The van der Waals surface area contributed by atoms with Gasteiger partial charge >= 0.3 is 0 Å². The molecule has 4 nitrogen and oxygen atoms in total. The minimum atomic E-state index is -0.628. The van der Waals surface area contributed by atoms with Gasteiger partial charge in [0.1, 0.15) is 0 Å². The van der Waals surface area contributed by atoms with Gasteiger partial charge in [0.05, 0.1) is 17.4 Å². The largest absolute Gasteiger partial charge is 0.411 e. The van der Waals surface area contributed by atoms with E-state index in [9.17, 15) is 15.4 Å². The molecule has 142 valence electrons. The van der Waals surface area contributed by atoms with Crippen LogP contribution in [0.15, 0.2) is 5.16 Å². The van der Waals surface area contributed by atoms with Gasteiger partial charge in [-0.15, -0.1) is 0 Å². The molecule has 4 aliphatic carbocycles. The number of nitrogens with zero attached hydrogens (tertiary/aromatic N) is 1. The topological polar surface area (TPSA) is 73.1 Å². The summed E-state index contributed by atoms with van der Waals surface area (Å²) in [5, 5.41) is 34.9. The third-order valence-electron chi connectivity index (χ3n) is 9.49. The van der Waals surface area contributed by atoms with Crippen molar-refractivity contribution in [1.29, 1.82) is 0 Å². The van der Waals surface area contributed by atoms with E-state index < -0.39 is 5.60 Å². The Balaban J connectivity index is 1.67. The van der Waals surface area contributed by atoms with E-state index in [0.29, 0.717) is 17.8 Å². The fourth-order valence-corrected chi connectivity index (χ4v) is 7.94. The van der Waals surface area contributed by atoms with Gasteiger partial charge in [-0.1, -0.05) is 19.0 Å². The third-order valence-corrected chi connectivity index (χ3v) is 9.49. The van der Waals surface area contributed by atoms with E-state index >= 15 is 0 Å². The van der Waals surface area contributed by atoms with Crippen molar-refractivity contribution in [2.75, 3.05) is 0 Å². The lowest BCUT2D eigenvalue weighted by atomic mass is 9.43. The summed E-state index contributed by atoms with van der Waals surface area (Å²) in [6.45, 7) is 6.60. The van der Waals surface area contributed by atoms with E-state index in [0.717, 1.165) is 57.1 Å². The number of aliphatic hydroxyl groups excluding tert-OH is 1. The quantitative estimate of drug-likeness (QED) is 0.381. The van der Waals surface area contributed by atoms with Crippen molar-refractivity contribution in [1.82, 2.24) is 0 Å². The van der Waals surface area contributed by atoms with Crippen LogP contribution in [0.5, 0.6) is 0 Å². The minimum Gasteiger partial charge on any atom is -0.411 e. The Morgan fingerprint density at radius 1 is 0.960 bits per heavy atom. The summed E-state index contributed by atoms with van der Waals surface area (Å²) in [7, 11) is 0. The second-order valence-corrected chi connectivity index (χ2v) is 10.1. The molecule has 0 unspecified atom stereocenters. The number of rotatable bonds is 1. The van der Waals surface area contributed by atoms with Gasteiger partial charge < -0.3 is 15.4 Å². The van der Waals surface area contributed by atoms with Gasteiger partial charge in [0.2, 0.25) is 0 Å². The van der Waals surface area contributed by atoms with Crippen molar-refractivity contribution >= 4 is 5.71 Å². The average Bonchev–Trinajstić information content (AvgIpc) is 2.86. The molecule has 4 heteroatoms. The second-order valence-electron chi connectivity index (χ2n) is 10.1. The lowest BCUT2D eigenvalue weighted by Gasteiger charge is -2.63. The zero-order valence-corrected chi connectivity index (χ0v) is 16.0. The summed E-state index contributed by atoms with van der Waals surface area (Å²) in [6, 6.07) is 0. The van der Waals surface area contributed by atoms with Gasteiger partial charge in [-0.2, -0.15) is 0 Å². The third kappa shape index (κ3) is 2.22. The molecule has 4 fully saturated rings. The molecular weight excluding hydrogens is 314 g/mol. The maximum absolute atomic E-state index is 12.0. The van der Waals surface area contributed by atoms with E-state index in [2.05, 4.69) is 19.0 Å². The smallest absolute Gasteiger partial charge is 0.0738 e. The van der Waals surface area contributed by atoms with Crippen LogP contribution in [-0.4, -0.2) is 32.8 Å². The first kappa shape index (κ1) is 17.8. The Hall–Kier alpha value is -0.610. The van der Waals surface area contributed by atoms with Crippen LogP contribution in [0.4, 0.5) is 0 Å². The highest BCUT2D eigenvalue weighted by Crippen LogP contribution is 2.69. The van der Waals surface area contributed by atoms with E-state index in [1.807, 2.05) is 6.92 Å². The normalized spacial score (nSPS) is 56.0. The van der Waals surface area contributed by atoms with Crippen LogP contribution < -0.4 is 0 Å². The zero-order valence-electron chi connectivity index (χ0n) is 16.0. The van der Waals surface area contributed by atoms with Crippen LogP contribution in [0.1, 0.15) is 78.6 Å². The first-order valence-electron chi connectivity index (χ1n) is 10.4. The van der Waals surface area contributed by atoms with Crippen LogP contribution in [0.3, 0.4) is 0 Å². The molecule has 4 aliphatic rings. The lowest BCUT2D eigenvalue weighted by Crippen LogP contribution is -2.62. The van der Waals surface area contributed by atoms with E-state index in [1.54, 1.807) is 0 Å². The first-order chi connectivity index (χ1) is 11.8. The monoisotopic (exact) mass is 349 g/mol. The van der Waals surface area contributed by atoms with Crippen LogP contribution in [0.2, 0.25) is 0 Å². The highest BCUT2D eigenvalue weighted by molar-refractivity contribution is 5.85. The van der Waals surface area contributed by atoms with Gasteiger partial charge in [-0.05, 0) is 87.9 Å². The van der Waals surface area contributed by atoms with Crippen molar-refractivity contribution in [2.24, 2.45) is 39.7 Å². The summed E-state index contributed by atoms with van der Waals surface area (Å²) >= 11 is 0. The SMILES string of the molecule is C/C(=N\O)[C@H]1CC[C@]2(O)[C@@H]3CC[C@@H]4C[C@@H](O)CC[C@]4(C)[C@H]3CC[C@]12C. The van der Waals surface area contributed by atoms with E-state index in [4.69, 9.17) is 0 Å². The fraction of sp³-hybridized carbons (Fsp3) is 0.952. The Labute approximate surface area is 151 Å². The van der Waals surface area contributed by atoms with Gasteiger partial charge in [0.15, 0.2) is 0 Å². The number of hydrogen-bond donors (Lipinski definition) is 3. The zero-order chi connectivity index (χ0) is 18.0. The number of fused-ring (bicyclic) bond motifs is 5. The lowest BCUT2D eigenvalue weighted by molar-refractivity contribution is -0.206. The molecule has 25 heavy (non-hydrogen) atoms. The molecule has 8 atom stereocenters. The van der Waals surface area contributed by atoms with Crippen molar-refractivity contribution in [3.63, 3.8) is 0 Å². The summed E-state index contributed by atoms with van der Waals surface area (Å²) in [6.07, 6.45) is 9.06. The van der Waals surface area contributed by atoms with Crippen LogP contribution in [0.25, 0.3) is 0 Å². The van der Waals surface area contributed by atoms with Crippen LogP contribution >= 0.6 is 0 Å². The molecule has 0 aromatic rings. The minimum absolute atomic E-state index is 0.120. The van der Waals surface area contributed by atoms with Gasteiger partial charge in [0, 0.05) is 11.3 Å². The Kier molecular flexibility index (Phi) is 4.05. The molecular formula is C21H35NO3. The van der Waals surface area contributed by atoms with Gasteiger partial charge in [-0.3, -0.25) is 0 Å². The predicted molar refractivity (Wildman–Crippen MR) is 97.6 cm³/mol. The molecule has 3 N–H and O–H groups in total. The summed E-state index contributed by atoms with van der Waals surface area (Å²) in [4.78, 5) is 0. The molecule has 0 heterocycles. The molecule has 0 amide bonds. The molecule has 0 spiro atoms. The Morgan fingerprint density at radius 3 is 2.44 bits per heavy atom. The van der Waals surface area contributed by atoms with Gasteiger partial charge in [-0.25, -0.2) is 0 Å². The predicted octanol–water partition coefficient (Wildman–Crippen LogP) is 3.97. The number of hydrogen-bond acceptors (Lipinski definition) is 4. The van der Waals surface area contributed by atoms with Crippen LogP contribution in [-0.2, 0) is 0 Å². The average molecular weight is 350 g/mol. The highest BCUT2D eigenvalue weighted by atomic mass is 16.4. The molecule has 4 saturated carbocycles. The summed E-state index contributed by atoms with van der Waals surface area (Å²) in [5.74, 6) is 1.74. The van der Waals surface area contributed by atoms with Crippen LogP contribution in [0, 0.1) is 34.5 Å². The highest BCUT2D eigenvalue weighted by Gasteiger charge is 2.67. The second kappa shape index (κ2) is 5.69. The molecule has 0 aromatic heterocycles. The van der Waals surface area contributed by atoms with Crippen molar-refractivity contribution in [2.45, 2.75) is 90.3 Å². The molecule has 0 saturated heterocycles. The Morgan fingerprint density at radius 2 is 1.72 bits per heavy atom. The van der Waals surface area contributed by atoms with E-state index in [1.165, 1.54) is 6.42 Å². The molecule has 4 rings (SSSR count). The maximum Gasteiger partial charge on any atom is 0.0738 e. The van der Waals surface area contributed by atoms with Crippen molar-refractivity contribution in [3.05, 3.63) is 0 Å². The first-order valence-corrected chi connectivity index (χ1v) is 10.4. The molecule has 0 aliphatic heterocycles. The molecule has 0 aromatic carbocycles. The van der Waals surface area contributed by atoms with Gasteiger partial charge in [0.25, 0.3) is 0 Å². The maximum atomic E-state index is 12.0. The molecule has 0 bridgehead atoms. The standard InChI is InChI=1S/C21H35NO3/c1-13(22-25)16-8-11-21(24)18-5-4-14-12-15(23)6-9-19(14,2)17(18)7-10-20(16,21)3/h14-18,23-25H,4-12H2,1-3H3/b22-13+/t14-,15+,16-,17+,18-,19+,20-,21+/m1/s1. The summed E-state index contributed by atoms with van der Waals surface area (Å²) < 4.78 is 0. The fourth-order valence-electron chi connectivity index (χ4n) is 7.94.